The lowest BCUT2D eigenvalue weighted by molar-refractivity contribution is 0.580. The second kappa shape index (κ2) is 7.82. The molecule has 0 aliphatic rings. The Balaban J connectivity index is 1.75. The van der Waals surface area contributed by atoms with Gasteiger partial charge >= 0.3 is 0 Å². The minimum absolute atomic E-state index is 0.0871. The van der Waals surface area contributed by atoms with E-state index in [1.165, 1.54) is 12.1 Å². The highest BCUT2D eigenvalue weighted by Crippen LogP contribution is 2.36. The average Bonchev–Trinajstić information content (AvgIpc) is 3.51. The van der Waals surface area contributed by atoms with Crippen LogP contribution in [0.25, 0.3) is 44.2 Å². The van der Waals surface area contributed by atoms with Crippen LogP contribution in [0, 0.1) is 5.82 Å². The van der Waals surface area contributed by atoms with Crippen molar-refractivity contribution in [3.05, 3.63) is 65.8 Å². The summed E-state index contributed by atoms with van der Waals surface area (Å²) in [4.78, 5) is 13.3. The van der Waals surface area contributed by atoms with Crippen molar-refractivity contribution in [2.45, 2.75) is 19.1 Å². The molecule has 10 heteroatoms. The Bertz CT molecular complexity index is 1570. The van der Waals surface area contributed by atoms with Gasteiger partial charge in [-0.3, -0.25) is 0 Å². The Hall–Kier alpha value is -3.50. The summed E-state index contributed by atoms with van der Waals surface area (Å²) < 4.78 is 40.5. The Morgan fingerprint density at radius 3 is 2.45 bits per heavy atom. The van der Waals surface area contributed by atoms with Gasteiger partial charge in [0.1, 0.15) is 11.6 Å². The monoisotopic (exact) mass is 481 g/mol. The molecule has 0 fully saturated rings. The molecule has 0 saturated carbocycles. The molecule has 0 unspecified atom stereocenters. The Morgan fingerprint density at radius 1 is 1.06 bits per heavy atom. The van der Waals surface area contributed by atoms with Crippen LogP contribution in [-0.2, 0) is 10.0 Å². The lowest BCUT2D eigenvalue weighted by atomic mass is 10.0. The van der Waals surface area contributed by atoms with Gasteiger partial charge in [-0.2, -0.15) is 0 Å². The van der Waals surface area contributed by atoms with Crippen LogP contribution in [0.2, 0.25) is 0 Å². The van der Waals surface area contributed by atoms with Gasteiger partial charge in [0, 0.05) is 11.1 Å². The number of aromatic amines is 1. The lowest BCUT2D eigenvalue weighted by Crippen LogP contribution is -2.23. The van der Waals surface area contributed by atoms with Crippen molar-refractivity contribution in [1.82, 2.24) is 18.9 Å². The molecule has 33 heavy (non-hydrogen) atoms. The minimum atomic E-state index is -3.73. The summed E-state index contributed by atoms with van der Waals surface area (Å²) in [7, 11) is -3.73. The highest BCUT2D eigenvalue weighted by Gasteiger charge is 2.25. The molecular weight excluding hydrogens is 461 g/mol. The molecule has 3 aromatic heterocycles. The SMILES string of the molecule is CC(C)S(=O)(=O)n1c(N)nc2ccc(-c3nc(-c4cccs4)[nH]c3-c3ccc(F)cc3)cc21. The number of nitrogen functional groups attached to an aromatic ring is 1. The van der Waals surface area contributed by atoms with Crippen molar-refractivity contribution < 1.29 is 12.8 Å². The molecule has 0 bridgehead atoms. The highest BCUT2D eigenvalue weighted by molar-refractivity contribution is 7.90. The van der Waals surface area contributed by atoms with Gasteiger partial charge in [0.05, 0.1) is 32.5 Å². The number of H-pyrrole nitrogens is 1. The number of halogens is 1. The third kappa shape index (κ3) is 3.61. The summed E-state index contributed by atoms with van der Waals surface area (Å²) in [5.41, 5.74) is 9.58. The first-order valence-electron chi connectivity index (χ1n) is 10.2. The summed E-state index contributed by atoms with van der Waals surface area (Å²) in [6, 6.07) is 15.3. The maximum absolute atomic E-state index is 13.5. The molecule has 0 atom stereocenters. The molecule has 3 heterocycles. The van der Waals surface area contributed by atoms with Gasteiger partial charge in [-0.1, -0.05) is 12.1 Å². The van der Waals surface area contributed by atoms with E-state index in [2.05, 4.69) is 9.97 Å². The van der Waals surface area contributed by atoms with Gasteiger partial charge in [-0.15, -0.1) is 11.3 Å². The Labute approximate surface area is 193 Å². The summed E-state index contributed by atoms with van der Waals surface area (Å²) >= 11 is 1.54. The summed E-state index contributed by atoms with van der Waals surface area (Å²) in [5.74, 6) is 0.246. The van der Waals surface area contributed by atoms with Crippen LogP contribution in [0.5, 0.6) is 0 Å². The number of anilines is 1. The smallest absolute Gasteiger partial charge is 0.244 e. The summed E-state index contributed by atoms with van der Waals surface area (Å²) in [5, 5.41) is 1.28. The van der Waals surface area contributed by atoms with Crippen LogP contribution >= 0.6 is 11.3 Å². The van der Waals surface area contributed by atoms with Crippen molar-refractivity contribution in [3.8, 4) is 33.2 Å². The second-order valence-electron chi connectivity index (χ2n) is 7.82. The molecule has 0 saturated heterocycles. The second-order valence-corrected chi connectivity index (χ2v) is 11.1. The van der Waals surface area contributed by atoms with Crippen LogP contribution in [0.1, 0.15) is 13.8 Å². The molecule has 0 radical (unpaired) electrons. The van der Waals surface area contributed by atoms with Crippen molar-refractivity contribution in [1.29, 1.82) is 0 Å². The number of aromatic nitrogens is 4. The zero-order chi connectivity index (χ0) is 23.3. The van der Waals surface area contributed by atoms with Crippen molar-refractivity contribution in [3.63, 3.8) is 0 Å². The lowest BCUT2D eigenvalue weighted by Gasteiger charge is -2.11. The average molecular weight is 482 g/mol. The van der Waals surface area contributed by atoms with Crippen LogP contribution in [0.15, 0.2) is 60.0 Å². The van der Waals surface area contributed by atoms with Crippen molar-refractivity contribution in [2.24, 2.45) is 0 Å². The highest BCUT2D eigenvalue weighted by atomic mass is 32.2. The van der Waals surface area contributed by atoms with Gasteiger partial charge in [-0.05, 0) is 61.7 Å². The van der Waals surface area contributed by atoms with E-state index in [0.717, 1.165) is 14.4 Å². The molecule has 2 aromatic carbocycles. The number of hydrogen-bond acceptors (Lipinski definition) is 6. The number of benzene rings is 2. The predicted octanol–water partition coefficient (Wildman–Crippen LogP) is 5.13. The maximum Gasteiger partial charge on any atom is 0.244 e. The fourth-order valence-corrected chi connectivity index (χ4v) is 5.45. The number of fused-ring (bicyclic) bond motifs is 1. The first-order chi connectivity index (χ1) is 15.8. The van der Waals surface area contributed by atoms with E-state index < -0.39 is 15.3 Å². The van der Waals surface area contributed by atoms with Crippen molar-refractivity contribution >= 4 is 38.3 Å². The van der Waals surface area contributed by atoms with E-state index in [1.54, 1.807) is 49.4 Å². The van der Waals surface area contributed by atoms with Gasteiger partial charge in [0.15, 0.2) is 0 Å². The predicted molar refractivity (Wildman–Crippen MR) is 130 cm³/mol. The fraction of sp³-hybridized carbons (Fsp3) is 0.130. The number of hydrogen-bond donors (Lipinski definition) is 2. The first-order valence-corrected chi connectivity index (χ1v) is 12.6. The minimum Gasteiger partial charge on any atom is -0.368 e. The molecule has 0 amide bonds. The summed E-state index contributed by atoms with van der Waals surface area (Å²) in [6.07, 6.45) is 0. The van der Waals surface area contributed by atoms with E-state index in [9.17, 15) is 12.8 Å². The first kappa shape index (κ1) is 21.4. The quantitative estimate of drug-likeness (QED) is 0.362. The van der Waals surface area contributed by atoms with Gasteiger partial charge in [0.25, 0.3) is 0 Å². The largest absolute Gasteiger partial charge is 0.368 e. The fourth-order valence-electron chi connectivity index (χ4n) is 3.64. The Kier molecular flexibility index (Phi) is 5.06. The molecule has 7 nitrogen and oxygen atoms in total. The number of nitrogens with one attached hydrogen (secondary N) is 1. The molecule has 3 N–H and O–H groups in total. The van der Waals surface area contributed by atoms with Gasteiger partial charge in [-0.25, -0.2) is 26.7 Å². The molecule has 0 aliphatic heterocycles. The summed E-state index contributed by atoms with van der Waals surface area (Å²) in [6.45, 7) is 3.19. The molecule has 5 aromatic rings. The van der Waals surface area contributed by atoms with Crippen LogP contribution in [-0.4, -0.2) is 32.6 Å². The normalized spacial score (nSPS) is 12.1. The van der Waals surface area contributed by atoms with E-state index in [4.69, 9.17) is 10.7 Å². The van der Waals surface area contributed by atoms with Crippen LogP contribution in [0.4, 0.5) is 10.3 Å². The number of nitrogens with zero attached hydrogens (tertiary/aromatic N) is 3. The van der Waals surface area contributed by atoms with Gasteiger partial charge in [0.2, 0.25) is 16.0 Å². The van der Waals surface area contributed by atoms with E-state index in [1.807, 2.05) is 23.6 Å². The maximum atomic E-state index is 13.5. The van der Waals surface area contributed by atoms with E-state index in [-0.39, 0.29) is 11.8 Å². The van der Waals surface area contributed by atoms with Crippen LogP contribution in [0.3, 0.4) is 0 Å². The van der Waals surface area contributed by atoms with E-state index in [0.29, 0.717) is 33.8 Å². The number of nitrogens with two attached hydrogens (primary N) is 1. The standard InChI is InChI=1S/C23H20FN5O2S2/c1-13(2)33(30,31)29-18-12-15(7-10-17(18)26-23(29)25)21-20(14-5-8-16(24)9-6-14)27-22(28-21)19-4-3-11-32-19/h3-13H,1-2H3,(H2,25,26)(H,27,28). The molecular formula is C23H20FN5O2S2. The van der Waals surface area contributed by atoms with Crippen molar-refractivity contribution in [2.75, 3.05) is 5.73 Å². The molecule has 5 rings (SSSR count). The third-order valence-corrected chi connectivity index (χ3v) is 8.31. The molecule has 168 valence electrons. The number of thiophene rings is 1. The third-order valence-electron chi connectivity index (χ3n) is 5.35. The number of imidazole rings is 2. The van der Waals surface area contributed by atoms with Gasteiger partial charge < -0.3 is 10.7 Å². The van der Waals surface area contributed by atoms with Crippen LogP contribution < -0.4 is 5.73 Å². The zero-order valence-electron chi connectivity index (χ0n) is 17.8. The topological polar surface area (TPSA) is 107 Å². The Morgan fingerprint density at radius 2 is 1.79 bits per heavy atom. The zero-order valence-corrected chi connectivity index (χ0v) is 19.4. The molecule has 0 aliphatic carbocycles. The number of rotatable bonds is 5. The van der Waals surface area contributed by atoms with E-state index >= 15 is 0 Å². The molecule has 0 spiro atoms.